The molecule has 2 unspecified atom stereocenters. The zero-order valence-electron chi connectivity index (χ0n) is 9.66. The van der Waals surface area contributed by atoms with Gasteiger partial charge < -0.3 is 11.1 Å². The third-order valence-corrected chi connectivity index (χ3v) is 3.62. The van der Waals surface area contributed by atoms with E-state index in [1.807, 2.05) is 24.3 Å². The van der Waals surface area contributed by atoms with Gasteiger partial charge in [0.25, 0.3) is 0 Å². The highest BCUT2D eigenvalue weighted by Crippen LogP contribution is 2.24. The average Bonchev–Trinajstić information content (AvgIpc) is 2.74. The molecular weight excluding hydrogens is 236 g/mol. The van der Waals surface area contributed by atoms with Gasteiger partial charge in [-0.15, -0.1) is 0 Å². The molecule has 2 rings (SSSR count). The Hall–Kier alpha value is -1.06. The Morgan fingerprint density at radius 1 is 1.41 bits per heavy atom. The second kappa shape index (κ2) is 5.52. The second-order valence-electron chi connectivity index (χ2n) is 4.58. The van der Waals surface area contributed by atoms with E-state index in [-0.39, 0.29) is 17.9 Å². The van der Waals surface area contributed by atoms with E-state index in [2.05, 4.69) is 5.32 Å². The van der Waals surface area contributed by atoms with E-state index in [4.69, 9.17) is 17.3 Å². The summed E-state index contributed by atoms with van der Waals surface area (Å²) in [6.07, 6.45) is 2.65. The molecule has 17 heavy (non-hydrogen) atoms. The van der Waals surface area contributed by atoms with Crippen molar-refractivity contribution in [1.29, 1.82) is 0 Å². The zero-order valence-corrected chi connectivity index (χ0v) is 10.4. The number of carbonyl (C=O) groups excluding carboxylic acids is 1. The van der Waals surface area contributed by atoms with E-state index in [9.17, 15) is 4.79 Å². The molecule has 0 aliphatic heterocycles. The van der Waals surface area contributed by atoms with Gasteiger partial charge in [0.2, 0.25) is 5.91 Å². The molecule has 2 atom stereocenters. The first-order valence-corrected chi connectivity index (χ1v) is 6.31. The van der Waals surface area contributed by atoms with Crippen molar-refractivity contribution >= 4 is 17.5 Å². The molecule has 1 aromatic rings. The summed E-state index contributed by atoms with van der Waals surface area (Å²) in [6, 6.07) is 7.73. The summed E-state index contributed by atoms with van der Waals surface area (Å²) in [7, 11) is 0. The third-order valence-electron chi connectivity index (χ3n) is 3.25. The molecule has 0 bridgehead atoms. The third kappa shape index (κ3) is 3.20. The molecule has 1 aliphatic rings. The Bertz CT molecular complexity index is 408. The number of nitrogens with one attached hydrogen (secondary N) is 1. The van der Waals surface area contributed by atoms with Crippen molar-refractivity contribution < 1.29 is 4.79 Å². The second-order valence-corrected chi connectivity index (χ2v) is 4.99. The van der Waals surface area contributed by atoms with Crippen molar-refractivity contribution in [2.75, 3.05) is 0 Å². The predicted octanol–water partition coefficient (Wildman–Crippen LogP) is 2.08. The largest absolute Gasteiger partial charge is 0.352 e. The van der Waals surface area contributed by atoms with E-state index in [0.717, 1.165) is 24.8 Å². The van der Waals surface area contributed by atoms with Crippen LogP contribution in [0.5, 0.6) is 0 Å². The minimum Gasteiger partial charge on any atom is -0.352 e. The van der Waals surface area contributed by atoms with Gasteiger partial charge in [-0.05, 0) is 30.9 Å². The summed E-state index contributed by atoms with van der Waals surface area (Å²) in [5.41, 5.74) is 6.74. The first-order chi connectivity index (χ1) is 8.16. The lowest BCUT2D eigenvalue weighted by molar-refractivity contribution is -0.125. The molecule has 0 spiro atoms. The minimum atomic E-state index is 0.0764. The maximum atomic E-state index is 11.9. The molecule has 0 saturated heterocycles. The van der Waals surface area contributed by atoms with Gasteiger partial charge in [-0.3, -0.25) is 4.79 Å². The average molecular weight is 253 g/mol. The van der Waals surface area contributed by atoms with Gasteiger partial charge >= 0.3 is 0 Å². The Kier molecular flexibility index (Phi) is 4.02. The van der Waals surface area contributed by atoms with E-state index in [0.29, 0.717) is 11.6 Å². The normalized spacial score (nSPS) is 23.6. The van der Waals surface area contributed by atoms with E-state index < -0.39 is 0 Å². The predicted molar refractivity (Wildman–Crippen MR) is 68.6 cm³/mol. The quantitative estimate of drug-likeness (QED) is 0.866. The van der Waals surface area contributed by atoms with Crippen molar-refractivity contribution in [3.63, 3.8) is 0 Å². The number of halogens is 1. The topological polar surface area (TPSA) is 55.1 Å². The van der Waals surface area contributed by atoms with Crippen LogP contribution in [0.3, 0.4) is 0 Å². The fourth-order valence-electron chi connectivity index (χ4n) is 2.22. The van der Waals surface area contributed by atoms with E-state index in [1.54, 1.807) is 0 Å². The van der Waals surface area contributed by atoms with Gasteiger partial charge in [-0.1, -0.05) is 29.8 Å². The molecule has 1 saturated carbocycles. The van der Waals surface area contributed by atoms with Gasteiger partial charge in [0.15, 0.2) is 0 Å². The van der Waals surface area contributed by atoms with E-state index in [1.165, 1.54) is 0 Å². The van der Waals surface area contributed by atoms with Crippen LogP contribution in [0.15, 0.2) is 24.3 Å². The number of rotatable bonds is 3. The monoisotopic (exact) mass is 252 g/mol. The van der Waals surface area contributed by atoms with Crippen LogP contribution >= 0.6 is 11.6 Å². The summed E-state index contributed by atoms with van der Waals surface area (Å²) >= 11 is 6.02. The molecule has 0 radical (unpaired) electrons. The SMILES string of the molecule is NC1CCC(C(=O)NCc2ccccc2Cl)C1. The smallest absolute Gasteiger partial charge is 0.223 e. The summed E-state index contributed by atoms with van der Waals surface area (Å²) < 4.78 is 0. The highest BCUT2D eigenvalue weighted by molar-refractivity contribution is 6.31. The number of hydrogen-bond donors (Lipinski definition) is 2. The molecule has 1 aromatic carbocycles. The molecule has 0 aromatic heterocycles. The highest BCUT2D eigenvalue weighted by atomic mass is 35.5. The standard InChI is InChI=1S/C13H17ClN2O/c14-12-4-2-1-3-10(12)8-16-13(17)9-5-6-11(15)7-9/h1-4,9,11H,5-8,15H2,(H,16,17). The number of nitrogens with two attached hydrogens (primary N) is 1. The molecule has 4 heteroatoms. The summed E-state index contributed by atoms with van der Waals surface area (Å²) in [5.74, 6) is 0.172. The van der Waals surface area contributed by atoms with Gasteiger partial charge in [0.1, 0.15) is 0 Å². The Labute approximate surface area is 106 Å². The summed E-state index contributed by atoms with van der Waals surface area (Å²) in [6.45, 7) is 0.490. The lowest BCUT2D eigenvalue weighted by Crippen LogP contribution is -2.30. The minimum absolute atomic E-state index is 0.0764. The van der Waals surface area contributed by atoms with Crippen LogP contribution in [0.2, 0.25) is 5.02 Å². The van der Waals surface area contributed by atoms with Crippen molar-refractivity contribution in [1.82, 2.24) is 5.32 Å². The van der Waals surface area contributed by atoms with Crippen LogP contribution in [-0.4, -0.2) is 11.9 Å². The zero-order chi connectivity index (χ0) is 12.3. The van der Waals surface area contributed by atoms with Gasteiger partial charge in [-0.25, -0.2) is 0 Å². The highest BCUT2D eigenvalue weighted by Gasteiger charge is 2.27. The van der Waals surface area contributed by atoms with Crippen molar-refractivity contribution in [2.45, 2.75) is 31.8 Å². The first kappa shape index (κ1) is 12.4. The fraction of sp³-hybridized carbons (Fsp3) is 0.462. The summed E-state index contributed by atoms with van der Waals surface area (Å²) in [5, 5.41) is 3.61. The maximum Gasteiger partial charge on any atom is 0.223 e. The number of amides is 1. The molecule has 1 fully saturated rings. The Morgan fingerprint density at radius 3 is 2.82 bits per heavy atom. The number of benzene rings is 1. The molecule has 3 N–H and O–H groups in total. The molecule has 1 aliphatic carbocycles. The van der Waals surface area contributed by atoms with Crippen LogP contribution in [-0.2, 0) is 11.3 Å². The number of hydrogen-bond acceptors (Lipinski definition) is 2. The molecule has 3 nitrogen and oxygen atoms in total. The van der Waals surface area contributed by atoms with Gasteiger partial charge in [-0.2, -0.15) is 0 Å². The van der Waals surface area contributed by atoms with Crippen LogP contribution in [0.25, 0.3) is 0 Å². The van der Waals surface area contributed by atoms with Gasteiger partial charge in [0.05, 0.1) is 0 Å². The molecule has 92 valence electrons. The van der Waals surface area contributed by atoms with Crippen molar-refractivity contribution in [2.24, 2.45) is 11.7 Å². The lowest BCUT2D eigenvalue weighted by atomic mass is 10.1. The van der Waals surface area contributed by atoms with Crippen LogP contribution < -0.4 is 11.1 Å². The van der Waals surface area contributed by atoms with Gasteiger partial charge in [0, 0.05) is 23.5 Å². The van der Waals surface area contributed by atoms with Crippen molar-refractivity contribution in [3.8, 4) is 0 Å². The number of carbonyl (C=O) groups is 1. The van der Waals surface area contributed by atoms with Crippen LogP contribution in [0, 0.1) is 5.92 Å². The maximum absolute atomic E-state index is 11.9. The van der Waals surface area contributed by atoms with Crippen molar-refractivity contribution in [3.05, 3.63) is 34.9 Å². The lowest BCUT2D eigenvalue weighted by Gasteiger charge is -2.11. The first-order valence-electron chi connectivity index (χ1n) is 5.93. The van der Waals surface area contributed by atoms with Crippen LogP contribution in [0.4, 0.5) is 0 Å². The molecule has 0 heterocycles. The summed E-state index contributed by atoms with van der Waals surface area (Å²) in [4.78, 5) is 11.9. The fourth-order valence-corrected chi connectivity index (χ4v) is 2.43. The molecular formula is C13H17ClN2O. The van der Waals surface area contributed by atoms with E-state index >= 15 is 0 Å². The van der Waals surface area contributed by atoms with Crippen LogP contribution in [0.1, 0.15) is 24.8 Å². The Morgan fingerprint density at radius 2 is 2.18 bits per heavy atom. The molecule has 1 amide bonds. The Balaban J connectivity index is 1.86.